The molecule has 13 rings (SSSR count). The number of hydrogen-bond donors (Lipinski definition) is 0. The van der Waals surface area contributed by atoms with E-state index in [0.717, 1.165) is 99.7 Å². The van der Waals surface area contributed by atoms with Crippen molar-refractivity contribution in [2.45, 2.75) is 0 Å². The van der Waals surface area contributed by atoms with Crippen molar-refractivity contribution >= 4 is 71.7 Å². The second kappa shape index (κ2) is 16.0. The fourth-order valence-corrected chi connectivity index (χ4v) is 9.98. The summed E-state index contributed by atoms with van der Waals surface area (Å²) in [5.74, 6) is 0. The SMILES string of the molecule is c1ccc(-c2ccc(-c3ccc(N(c4ccc(-c5ccc6oc7ccccc7c6c5)cc4)c4ccccc4-c4cccc5c4oc4cc6ccccc6cc45)cc3)cc2-c2ccccc2)cc1. The highest BCUT2D eigenvalue weighted by atomic mass is 16.3. The van der Waals surface area contributed by atoms with Gasteiger partial charge >= 0.3 is 0 Å². The number of rotatable bonds is 8. The fraction of sp³-hybridized carbons (Fsp3) is 0. The van der Waals surface area contributed by atoms with Crippen LogP contribution < -0.4 is 4.90 Å². The van der Waals surface area contributed by atoms with Crippen LogP contribution in [-0.2, 0) is 0 Å². The van der Waals surface area contributed by atoms with Gasteiger partial charge in [0.1, 0.15) is 22.3 Å². The molecule has 0 saturated heterocycles. The molecule has 0 spiro atoms. The third kappa shape index (κ3) is 6.76. The molecule has 0 atom stereocenters. The van der Waals surface area contributed by atoms with Gasteiger partial charge in [0.2, 0.25) is 0 Å². The summed E-state index contributed by atoms with van der Waals surface area (Å²) >= 11 is 0. The zero-order chi connectivity index (χ0) is 44.3. The third-order valence-corrected chi connectivity index (χ3v) is 13.3. The van der Waals surface area contributed by atoms with E-state index in [0.29, 0.717) is 0 Å². The van der Waals surface area contributed by atoms with E-state index in [1.54, 1.807) is 0 Å². The molecule has 2 aromatic heterocycles. The first-order chi connectivity index (χ1) is 33.2. The molecule has 0 saturated carbocycles. The average Bonchev–Trinajstić information content (AvgIpc) is 3.96. The van der Waals surface area contributed by atoms with Gasteiger partial charge in [-0.1, -0.05) is 182 Å². The van der Waals surface area contributed by atoms with E-state index in [2.05, 4.69) is 241 Å². The van der Waals surface area contributed by atoms with Crippen LogP contribution in [0.2, 0.25) is 0 Å². The lowest BCUT2D eigenvalue weighted by Crippen LogP contribution is -2.11. The molecule has 0 radical (unpaired) electrons. The molecule has 0 fully saturated rings. The lowest BCUT2D eigenvalue weighted by atomic mass is 9.91. The van der Waals surface area contributed by atoms with Gasteiger partial charge in [-0.25, -0.2) is 0 Å². The summed E-state index contributed by atoms with van der Waals surface area (Å²) in [5.41, 5.74) is 18.2. The molecule has 0 aliphatic carbocycles. The second-order valence-electron chi connectivity index (χ2n) is 17.2. The quantitative estimate of drug-likeness (QED) is 0.152. The molecule has 314 valence electrons. The van der Waals surface area contributed by atoms with Gasteiger partial charge in [-0.2, -0.15) is 0 Å². The first kappa shape index (κ1) is 38.5. The van der Waals surface area contributed by atoms with Gasteiger partial charge in [0.05, 0.1) is 5.69 Å². The van der Waals surface area contributed by atoms with E-state index in [4.69, 9.17) is 8.83 Å². The van der Waals surface area contributed by atoms with Gasteiger partial charge in [0.25, 0.3) is 0 Å². The van der Waals surface area contributed by atoms with E-state index in [9.17, 15) is 0 Å². The molecule has 2 heterocycles. The second-order valence-corrected chi connectivity index (χ2v) is 17.2. The molecular formula is C64H41NO2. The van der Waals surface area contributed by atoms with Gasteiger partial charge in [-0.05, 0) is 122 Å². The van der Waals surface area contributed by atoms with Crippen molar-refractivity contribution in [3.8, 4) is 55.6 Å². The van der Waals surface area contributed by atoms with Crippen LogP contribution >= 0.6 is 0 Å². The monoisotopic (exact) mass is 855 g/mol. The van der Waals surface area contributed by atoms with Crippen LogP contribution in [0.4, 0.5) is 17.1 Å². The molecule has 0 aliphatic rings. The minimum Gasteiger partial charge on any atom is -0.456 e. The Hall–Kier alpha value is -8.92. The van der Waals surface area contributed by atoms with Crippen LogP contribution in [0, 0.1) is 0 Å². The summed E-state index contributed by atoms with van der Waals surface area (Å²) < 4.78 is 13.0. The number of hydrogen-bond acceptors (Lipinski definition) is 3. The van der Waals surface area contributed by atoms with Gasteiger partial charge < -0.3 is 13.7 Å². The van der Waals surface area contributed by atoms with Crippen molar-refractivity contribution in [3.05, 3.63) is 249 Å². The zero-order valence-corrected chi connectivity index (χ0v) is 36.4. The average molecular weight is 856 g/mol. The van der Waals surface area contributed by atoms with Crippen molar-refractivity contribution in [1.29, 1.82) is 0 Å². The van der Waals surface area contributed by atoms with E-state index in [-0.39, 0.29) is 0 Å². The number of para-hydroxylation sites is 3. The Morgan fingerprint density at radius 3 is 1.54 bits per heavy atom. The summed E-state index contributed by atoms with van der Waals surface area (Å²) in [6, 6.07) is 89.0. The number of benzene rings is 11. The van der Waals surface area contributed by atoms with Gasteiger partial charge in [-0.15, -0.1) is 0 Å². The molecule has 0 aliphatic heterocycles. The first-order valence-corrected chi connectivity index (χ1v) is 22.8. The van der Waals surface area contributed by atoms with Gasteiger partial charge in [0, 0.05) is 44.0 Å². The summed E-state index contributed by atoms with van der Waals surface area (Å²) in [7, 11) is 0. The highest BCUT2D eigenvalue weighted by Crippen LogP contribution is 2.46. The summed E-state index contributed by atoms with van der Waals surface area (Å²) in [5, 5.41) is 6.82. The molecule has 0 bridgehead atoms. The number of fused-ring (bicyclic) bond motifs is 7. The Labute approximate surface area is 388 Å². The maximum absolute atomic E-state index is 6.83. The minimum atomic E-state index is 0.876. The Morgan fingerprint density at radius 2 is 0.791 bits per heavy atom. The van der Waals surface area contributed by atoms with Crippen LogP contribution in [0.15, 0.2) is 258 Å². The minimum absolute atomic E-state index is 0.876. The van der Waals surface area contributed by atoms with Gasteiger partial charge in [0.15, 0.2) is 0 Å². The predicted molar refractivity (Wildman–Crippen MR) is 280 cm³/mol. The highest BCUT2D eigenvalue weighted by molar-refractivity contribution is 6.14. The smallest absolute Gasteiger partial charge is 0.143 e. The first-order valence-electron chi connectivity index (χ1n) is 22.8. The molecular weight excluding hydrogens is 815 g/mol. The molecule has 3 nitrogen and oxygen atoms in total. The van der Waals surface area contributed by atoms with Crippen LogP contribution in [0.25, 0.3) is 110 Å². The summed E-state index contributed by atoms with van der Waals surface area (Å²) in [4.78, 5) is 2.37. The predicted octanol–water partition coefficient (Wildman–Crippen LogP) is 18.4. The van der Waals surface area contributed by atoms with Crippen molar-refractivity contribution in [2.24, 2.45) is 0 Å². The number of nitrogens with zero attached hydrogens (tertiary/aromatic N) is 1. The van der Waals surface area contributed by atoms with Crippen LogP contribution in [0.5, 0.6) is 0 Å². The highest BCUT2D eigenvalue weighted by Gasteiger charge is 2.21. The lowest BCUT2D eigenvalue weighted by molar-refractivity contribution is 0.669. The Kier molecular flexibility index (Phi) is 9.17. The molecule has 0 unspecified atom stereocenters. The standard InChI is InChI=1S/C64H41NO2/c1-3-14-44(15-4-1)52-36-30-48(38-57(52)45-16-5-2-6-17-45)42-26-32-50(33-27-42)65(51-34-28-43(29-35-51)49-31-37-62-58(40-49)54-21-10-12-25-61(54)66-62)60-24-11-9-20-53(60)55-22-13-23-56-59-39-46-18-7-8-19-47(46)41-63(59)67-64(55)56/h1-41H. The summed E-state index contributed by atoms with van der Waals surface area (Å²) in [6.45, 7) is 0. The Bertz CT molecular complexity index is 3960. The van der Waals surface area contributed by atoms with Crippen molar-refractivity contribution in [3.63, 3.8) is 0 Å². The van der Waals surface area contributed by atoms with Gasteiger partial charge in [-0.3, -0.25) is 0 Å². The molecule has 67 heavy (non-hydrogen) atoms. The molecule has 11 aromatic carbocycles. The molecule has 13 aromatic rings. The van der Waals surface area contributed by atoms with Crippen LogP contribution in [0.3, 0.4) is 0 Å². The largest absolute Gasteiger partial charge is 0.456 e. The normalized spacial score (nSPS) is 11.6. The van der Waals surface area contributed by atoms with Crippen LogP contribution in [-0.4, -0.2) is 0 Å². The van der Waals surface area contributed by atoms with E-state index >= 15 is 0 Å². The van der Waals surface area contributed by atoms with E-state index < -0.39 is 0 Å². The number of furan rings is 2. The Balaban J connectivity index is 0.944. The Morgan fingerprint density at radius 1 is 0.254 bits per heavy atom. The van der Waals surface area contributed by atoms with Crippen LogP contribution in [0.1, 0.15) is 0 Å². The molecule has 3 heteroatoms. The zero-order valence-electron chi connectivity index (χ0n) is 36.4. The molecule has 0 amide bonds. The lowest BCUT2D eigenvalue weighted by Gasteiger charge is -2.28. The fourth-order valence-electron chi connectivity index (χ4n) is 9.98. The maximum atomic E-state index is 6.83. The van der Waals surface area contributed by atoms with Crippen molar-refractivity contribution in [2.75, 3.05) is 4.90 Å². The molecule has 0 N–H and O–H groups in total. The van der Waals surface area contributed by atoms with E-state index in [1.165, 1.54) is 27.6 Å². The maximum Gasteiger partial charge on any atom is 0.143 e. The third-order valence-electron chi connectivity index (χ3n) is 13.3. The van der Waals surface area contributed by atoms with Crippen molar-refractivity contribution in [1.82, 2.24) is 0 Å². The van der Waals surface area contributed by atoms with E-state index in [1.807, 2.05) is 12.1 Å². The topological polar surface area (TPSA) is 29.5 Å². The summed E-state index contributed by atoms with van der Waals surface area (Å²) in [6.07, 6.45) is 0. The number of anilines is 3. The van der Waals surface area contributed by atoms with Crippen molar-refractivity contribution < 1.29 is 8.83 Å².